The molecular weight excluding hydrogens is 503 g/mol. The zero-order valence-corrected chi connectivity index (χ0v) is 19.8. The topological polar surface area (TPSA) is 78.8 Å². The Morgan fingerprint density at radius 3 is 2.75 bits per heavy atom. The number of methoxy groups -OCH3 is 1. The molecule has 0 spiro atoms. The van der Waals surface area contributed by atoms with Crippen LogP contribution >= 0.6 is 27.5 Å². The highest BCUT2D eigenvalue weighted by Crippen LogP contribution is 2.39. The molecule has 0 bridgehead atoms. The van der Waals surface area contributed by atoms with Gasteiger partial charge in [0.25, 0.3) is 0 Å². The molecule has 3 aromatic rings. The van der Waals surface area contributed by atoms with Crippen LogP contribution in [0.5, 0.6) is 0 Å². The van der Waals surface area contributed by atoms with Gasteiger partial charge in [0.1, 0.15) is 11.6 Å². The Hall–Kier alpha value is -2.49. The third kappa shape index (κ3) is 4.12. The Kier molecular flexibility index (Phi) is 6.50. The average molecular weight is 524 g/mol. The molecule has 4 rings (SSSR count). The second kappa shape index (κ2) is 9.17. The van der Waals surface area contributed by atoms with E-state index in [0.29, 0.717) is 62.8 Å². The van der Waals surface area contributed by atoms with Crippen LogP contribution in [0.1, 0.15) is 12.6 Å². The van der Waals surface area contributed by atoms with Gasteiger partial charge in [-0.2, -0.15) is 0 Å². The maximum Gasteiger partial charge on any atom is 0.407 e. The largest absolute Gasteiger partial charge is 0.465 e. The number of pyridine rings is 2. The van der Waals surface area contributed by atoms with Crippen LogP contribution in [0.25, 0.3) is 22.2 Å². The van der Waals surface area contributed by atoms with E-state index in [1.165, 1.54) is 11.0 Å². The summed E-state index contributed by atoms with van der Waals surface area (Å²) < 4.78 is 20.4. The average Bonchev–Trinajstić information content (AvgIpc) is 2.76. The predicted octanol–water partition coefficient (Wildman–Crippen LogP) is 5.19. The van der Waals surface area contributed by atoms with Crippen molar-refractivity contribution in [2.45, 2.75) is 19.6 Å². The van der Waals surface area contributed by atoms with Gasteiger partial charge in [0, 0.05) is 43.7 Å². The van der Waals surface area contributed by atoms with Gasteiger partial charge in [0.2, 0.25) is 0 Å². The van der Waals surface area contributed by atoms with Crippen molar-refractivity contribution in [3.63, 3.8) is 0 Å². The summed E-state index contributed by atoms with van der Waals surface area (Å²) in [6.07, 6.45) is -0.940. The summed E-state index contributed by atoms with van der Waals surface area (Å²) in [5.74, 6) is 0.226. The van der Waals surface area contributed by atoms with E-state index in [-0.39, 0.29) is 12.6 Å². The van der Waals surface area contributed by atoms with Gasteiger partial charge >= 0.3 is 6.09 Å². The maximum absolute atomic E-state index is 14.5. The van der Waals surface area contributed by atoms with E-state index < -0.39 is 11.9 Å². The van der Waals surface area contributed by atoms with Gasteiger partial charge in [-0.15, -0.1) is 0 Å². The second-order valence-electron chi connectivity index (χ2n) is 7.59. The first-order valence-corrected chi connectivity index (χ1v) is 11.2. The van der Waals surface area contributed by atoms with Gasteiger partial charge in [-0.1, -0.05) is 23.7 Å². The highest BCUT2D eigenvalue weighted by atomic mass is 79.9. The predicted molar refractivity (Wildman–Crippen MR) is 125 cm³/mol. The Morgan fingerprint density at radius 1 is 1.34 bits per heavy atom. The van der Waals surface area contributed by atoms with E-state index >= 15 is 0 Å². The molecule has 0 aliphatic carbocycles. The zero-order valence-electron chi connectivity index (χ0n) is 17.5. The van der Waals surface area contributed by atoms with Gasteiger partial charge < -0.3 is 19.6 Å². The number of carboxylic acid groups (broad SMARTS) is 1. The van der Waals surface area contributed by atoms with Crippen LogP contribution in [0.3, 0.4) is 0 Å². The van der Waals surface area contributed by atoms with E-state index in [1.54, 1.807) is 31.4 Å². The number of carbonyl (C=O) groups is 1. The quantitative estimate of drug-likeness (QED) is 0.507. The molecule has 0 radical (unpaired) electrons. The third-order valence-corrected chi connectivity index (χ3v) is 6.62. The van der Waals surface area contributed by atoms with Crippen molar-refractivity contribution in [2.24, 2.45) is 0 Å². The number of fused-ring (bicyclic) bond motifs is 1. The standard InChI is InChI=1S/C22H21BrClFN4O3/c1-12-10-28(22(30)31)7-8-29(12)21-14-9-15(24)19(13-5-3-4-6-16(13)25)27-20(14)18(23)17(26-21)11-32-2/h3-6,9,12H,7-8,10-11H2,1-2H3,(H,30,31)/t12-/m0/s1. The molecule has 1 aliphatic heterocycles. The van der Waals surface area contributed by atoms with Crippen LogP contribution in [-0.4, -0.2) is 58.9 Å². The first-order valence-electron chi connectivity index (χ1n) is 9.98. The Morgan fingerprint density at radius 2 is 2.09 bits per heavy atom. The fourth-order valence-corrected chi connectivity index (χ4v) is 4.70. The molecule has 0 unspecified atom stereocenters. The van der Waals surface area contributed by atoms with Crippen molar-refractivity contribution >= 4 is 50.3 Å². The lowest BCUT2D eigenvalue weighted by molar-refractivity contribution is 0.136. The van der Waals surface area contributed by atoms with Crippen molar-refractivity contribution in [1.29, 1.82) is 0 Å². The minimum Gasteiger partial charge on any atom is -0.465 e. The van der Waals surface area contributed by atoms with Crippen LogP contribution in [0.15, 0.2) is 34.8 Å². The number of nitrogens with zero attached hydrogens (tertiary/aromatic N) is 4. The van der Waals surface area contributed by atoms with Crippen molar-refractivity contribution in [3.8, 4) is 11.3 Å². The molecule has 1 aromatic carbocycles. The minimum absolute atomic E-state index is 0.114. The molecule has 10 heteroatoms. The number of anilines is 1. The number of halogens is 3. The summed E-state index contributed by atoms with van der Waals surface area (Å²) in [6.45, 7) is 3.36. The van der Waals surface area contributed by atoms with Crippen LogP contribution in [0, 0.1) is 5.82 Å². The number of amides is 1. The number of piperazine rings is 1. The molecule has 1 fully saturated rings. The smallest absolute Gasteiger partial charge is 0.407 e. The summed E-state index contributed by atoms with van der Waals surface area (Å²) in [4.78, 5) is 24.4. The van der Waals surface area contributed by atoms with Gasteiger partial charge in [0.05, 0.1) is 33.0 Å². The van der Waals surface area contributed by atoms with E-state index in [1.807, 2.05) is 11.8 Å². The normalized spacial score (nSPS) is 16.6. The number of hydrogen-bond donors (Lipinski definition) is 1. The van der Waals surface area contributed by atoms with E-state index in [9.17, 15) is 14.3 Å². The molecule has 1 aliphatic rings. The Bertz CT molecular complexity index is 1200. The lowest BCUT2D eigenvalue weighted by Gasteiger charge is -2.40. The first-order chi connectivity index (χ1) is 15.3. The van der Waals surface area contributed by atoms with Gasteiger partial charge in [0.15, 0.2) is 0 Å². The van der Waals surface area contributed by atoms with Crippen LogP contribution in [0.4, 0.5) is 15.0 Å². The molecule has 1 atom stereocenters. The van der Waals surface area contributed by atoms with Crippen LogP contribution in [-0.2, 0) is 11.3 Å². The fourth-order valence-electron chi connectivity index (χ4n) is 3.94. The number of hydrogen-bond acceptors (Lipinski definition) is 5. The highest BCUT2D eigenvalue weighted by molar-refractivity contribution is 9.10. The number of rotatable bonds is 4. The molecule has 1 saturated heterocycles. The second-order valence-corrected chi connectivity index (χ2v) is 8.80. The van der Waals surface area contributed by atoms with Crippen molar-refractivity contribution in [3.05, 3.63) is 51.3 Å². The lowest BCUT2D eigenvalue weighted by atomic mass is 10.1. The van der Waals surface area contributed by atoms with Gasteiger partial charge in [-0.3, -0.25) is 0 Å². The molecule has 168 valence electrons. The summed E-state index contributed by atoms with van der Waals surface area (Å²) in [5, 5.41) is 10.3. The van der Waals surface area contributed by atoms with E-state index in [0.717, 1.165) is 0 Å². The zero-order chi connectivity index (χ0) is 23.0. The maximum atomic E-state index is 14.5. The molecule has 7 nitrogen and oxygen atoms in total. The summed E-state index contributed by atoms with van der Waals surface area (Å²) >= 11 is 10.2. The molecule has 3 heterocycles. The molecule has 1 amide bonds. The van der Waals surface area contributed by atoms with Gasteiger partial charge in [-0.05, 0) is 41.1 Å². The summed E-state index contributed by atoms with van der Waals surface area (Å²) in [5.41, 5.74) is 1.86. The first kappa shape index (κ1) is 22.7. The monoisotopic (exact) mass is 522 g/mol. The summed E-state index contributed by atoms with van der Waals surface area (Å²) in [7, 11) is 1.58. The van der Waals surface area contributed by atoms with Crippen molar-refractivity contribution in [1.82, 2.24) is 14.9 Å². The molecule has 1 N–H and O–H groups in total. The summed E-state index contributed by atoms with van der Waals surface area (Å²) in [6, 6.07) is 7.97. The van der Waals surface area contributed by atoms with Crippen molar-refractivity contribution in [2.75, 3.05) is 31.6 Å². The van der Waals surface area contributed by atoms with E-state index in [2.05, 4.69) is 15.9 Å². The number of aromatic nitrogens is 2. The van der Waals surface area contributed by atoms with Gasteiger partial charge in [-0.25, -0.2) is 19.2 Å². The minimum atomic E-state index is -0.940. The van der Waals surface area contributed by atoms with Crippen LogP contribution < -0.4 is 4.90 Å². The third-order valence-electron chi connectivity index (χ3n) is 5.50. The Balaban J connectivity index is 1.90. The number of ether oxygens (including phenoxy) is 1. The van der Waals surface area contributed by atoms with E-state index in [4.69, 9.17) is 26.3 Å². The highest BCUT2D eigenvalue weighted by Gasteiger charge is 2.30. The van der Waals surface area contributed by atoms with Crippen LogP contribution in [0.2, 0.25) is 5.02 Å². The molecule has 2 aromatic heterocycles. The lowest BCUT2D eigenvalue weighted by Crippen LogP contribution is -2.53. The molecular formula is C22H21BrClFN4O3. The number of benzene rings is 1. The van der Waals surface area contributed by atoms with Crippen molar-refractivity contribution < 1.29 is 19.0 Å². The SMILES string of the molecule is COCc1nc(N2CCN(C(=O)O)C[C@@H]2C)c2cc(Cl)c(-c3ccccc3F)nc2c1Br. The molecule has 32 heavy (non-hydrogen) atoms. The fraction of sp³-hybridized carbons (Fsp3) is 0.318. The molecule has 0 saturated carbocycles. The Labute approximate surface area is 197 Å².